The second kappa shape index (κ2) is 8.33. The van der Waals surface area contributed by atoms with E-state index in [1.165, 1.54) is 18.4 Å². The fourth-order valence-corrected chi connectivity index (χ4v) is 3.42. The number of esters is 1. The smallest absolute Gasteiger partial charge is 0.350 e. The number of anilines is 1. The number of hydrogen-bond acceptors (Lipinski definition) is 9. The van der Waals surface area contributed by atoms with Crippen molar-refractivity contribution in [2.24, 2.45) is 0 Å². The maximum Gasteiger partial charge on any atom is 0.350 e. The van der Waals surface area contributed by atoms with Crippen LogP contribution in [-0.2, 0) is 20.9 Å². The van der Waals surface area contributed by atoms with E-state index in [1.807, 2.05) is 6.07 Å². The Morgan fingerprint density at radius 1 is 1.21 bits per heavy atom. The number of nitrogens with zero attached hydrogens (tertiary/aromatic N) is 1. The molecule has 0 atom stereocenters. The van der Waals surface area contributed by atoms with E-state index in [2.05, 4.69) is 15.2 Å². The Hall–Kier alpha value is -3.37. The zero-order valence-electron chi connectivity index (χ0n) is 15.3. The molecule has 0 bridgehead atoms. The van der Waals surface area contributed by atoms with Crippen LogP contribution >= 0.6 is 11.3 Å². The first kappa shape index (κ1) is 19.0. The van der Waals surface area contributed by atoms with Crippen LogP contribution in [0.25, 0.3) is 11.3 Å². The number of thiophene rings is 1. The van der Waals surface area contributed by atoms with Gasteiger partial charge in [-0.25, -0.2) is 4.79 Å². The topological polar surface area (TPSA) is 109 Å². The number of ether oxygens (including phenoxy) is 4. The molecule has 2 aromatic heterocycles. The Bertz CT molecular complexity index is 1040. The average Bonchev–Trinajstić information content (AvgIpc) is 3.47. The van der Waals surface area contributed by atoms with E-state index in [1.54, 1.807) is 29.6 Å². The summed E-state index contributed by atoms with van der Waals surface area (Å²) in [6.07, 6.45) is 0. The van der Waals surface area contributed by atoms with Crippen molar-refractivity contribution >= 4 is 28.9 Å². The van der Waals surface area contributed by atoms with Crippen molar-refractivity contribution in [2.45, 2.75) is 6.61 Å². The Kier molecular flexibility index (Phi) is 5.45. The molecule has 0 saturated carbocycles. The predicted molar refractivity (Wildman–Crippen MR) is 102 cm³/mol. The van der Waals surface area contributed by atoms with Gasteiger partial charge in [-0.05, 0) is 29.6 Å². The molecule has 1 aliphatic rings. The highest BCUT2D eigenvalue weighted by atomic mass is 32.1. The average molecular weight is 416 g/mol. The molecule has 1 aromatic carbocycles. The van der Waals surface area contributed by atoms with Gasteiger partial charge in [-0.2, -0.15) is 0 Å². The summed E-state index contributed by atoms with van der Waals surface area (Å²) >= 11 is 1.18. The quantitative estimate of drug-likeness (QED) is 0.585. The number of nitrogens with one attached hydrogen (secondary N) is 1. The van der Waals surface area contributed by atoms with Gasteiger partial charge >= 0.3 is 5.97 Å². The Morgan fingerprint density at radius 2 is 2.07 bits per heavy atom. The second-order valence-corrected chi connectivity index (χ2v) is 6.86. The molecule has 0 aliphatic carbocycles. The van der Waals surface area contributed by atoms with Crippen LogP contribution in [0.2, 0.25) is 0 Å². The van der Waals surface area contributed by atoms with Gasteiger partial charge in [0.05, 0.1) is 19.4 Å². The van der Waals surface area contributed by atoms with Crippen LogP contribution in [0.3, 0.4) is 0 Å². The third-order valence-electron chi connectivity index (χ3n) is 4.01. The van der Waals surface area contributed by atoms with Gasteiger partial charge in [0.25, 0.3) is 0 Å². The van der Waals surface area contributed by atoms with Gasteiger partial charge in [0.1, 0.15) is 17.2 Å². The second-order valence-electron chi connectivity index (χ2n) is 5.95. The highest BCUT2D eigenvalue weighted by molar-refractivity contribution is 7.12. The number of carbonyl (C=O) groups is 2. The minimum atomic E-state index is -0.505. The van der Waals surface area contributed by atoms with E-state index in [0.717, 1.165) is 5.56 Å². The Balaban J connectivity index is 1.30. The number of fused-ring (bicyclic) bond motifs is 1. The van der Waals surface area contributed by atoms with Gasteiger partial charge in [0.2, 0.25) is 12.7 Å². The minimum Gasteiger partial charge on any atom is -0.465 e. The standard InChI is InChI=1S/C19H16N2O7S/c1-24-19(23)18-13(4-5-29-18)20-17(22)9-25-8-12-7-15(28-21-12)11-2-3-14-16(6-11)27-10-26-14/h2-7H,8-10H2,1H3,(H,20,22). The lowest BCUT2D eigenvalue weighted by Crippen LogP contribution is -2.19. The molecule has 150 valence electrons. The van der Waals surface area contributed by atoms with Gasteiger partial charge in [0, 0.05) is 11.6 Å². The number of methoxy groups -OCH3 is 1. The van der Waals surface area contributed by atoms with E-state index < -0.39 is 11.9 Å². The maximum atomic E-state index is 12.0. The largest absolute Gasteiger partial charge is 0.465 e. The maximum absolute atomic E-state index is 12.0. The molecule has 1 amide bonds. The summed E-state index contributed by atoms with van der Waals surface area (Å²) in [4.78, 5) is 24.0. The number of amides is 1. The van der Waals surface area contributed by atoms with Gasteiger partial charge in [-0.3, -0.25) is 4.79 Å². The molecule has 9 nitrogen and oxygen atoms in total. The molecule has 3 aromatic rings. The molecule has 4 rings (SSSR count). The first-order valence-corrected chi connectivity index (χ1v) is 9.41. The van der Waals surface area contributed by atoms with Crippen LogP contribution < -0.4 is 14.8 Å². The first-order chi connectivity index (χ1) is 14.1. The summed E-state index contributed by atoms with van der Waals surface area (Å²) in [6.45, 7) is 0.0838. The van der Waals surface area contributed by atoms with Crippen molar-refractivity contribution in [2.75, 3.05) is 25.8 Å². The fraction of sp³-hybridized carbons (Fsp3) is 0.211. The van der Waals surface area contributed by atoms with Crippen LogP contribution in [0.5, 0.6) is 11.5 Å². The molecular weight excluding hydrogens is 400 g/mol. The number of benzene rings is 1. The number of rotatable bonds is 7. The van der Waals surface area contributed by atoms with E-state index in [-0.39, 0.29) is 20.0 Å². The van der Waals surface area contributed by atoms with Crippen LogP contribution in [0, 0.1) is 0 Å². The predicted octanol–water partition coefficient (Wildman–Crippen LogP) is 3.07. The number of carbonyl (C=O) groups excluding carboxylic acids is 2. The number of hydrogen-bond donors (Lipinski definition) is 1. The molecule has 1 aliphatic heterocycles. The minimum absolute atomic E-state index is 0.0922. The highest BCUT2D eigenvalue weighted by Crippen LogP contribution is 2.36. The fourth-order valence-electron chi connectivity index (χ4n) is 2.66. The summed E-state index contributed by atoms with van der Waals surface area (Å²) in [5, 5.41) is 8.26. The molecule has 29 heavy (non-hydrogen) atoms. The van der Waals surface area contributed by atoms with Crippen molar-refractivity contribution in [3.8, 4) is 22.8 Å². The molecule has 3 heterocycles. The van der Waals surface area contributed by atoms with Gasteiger partial charge in [-0.15, -0.1) is 11.3 Å². The Labute approximate surface area is 169 Å². The van der Waals surface area contributed by atoms with E-state index in [4.69, 9.17) is 18.7 Å². The highest BCUT2D eigenvalue weighted by Gasteiger charge is 2.17. The molecule has 0 saturated heterocycles. The van der Waals surface area contributed by atoms with Gasteiger partial charge in [0.15, 0.2) is 17.3 Å². The van der Waals surface area contributed by atoms with E-state index in [9.17, 15) is 9.59 Å². The third kappa shape index (κ3) is 4.23. The molecule has 10 heteroatoms. The van der Waals surface area contributed by atoms with Crippen LogP contribution in [0.4, 0.5) is 5.69 Å². The molecular formula is C19H16N2O7S. The van der Waals surface area contributed by atoms with Gasteiger partial charge < -0.3 is 28.8 Å². The van der Waals surface area contributed by atoms with Crippen molar-refractivity contribution in [3.05, 3.63) is 46.3 Å². The van der Waals surface area contributed by atoms with Crippen LogP contribution in [-0.4, -0.2) is 37.5 Å². The normalized spacial score (nSPS) is 12.0. The Morgan fingerprint density at radius 3 is 2.93 bits per heavy atom. The van der Waals surface area contributed by atoms with Crippen molar-refractivity contribution in [3.63, 3.8) is 0 Å². The van der Waals surface area contributed by atoms with Crippen LogP contribution in [0.15, 0.2) is 40.2 Å². The lowest BCUT2D eigenvalue weighted by atomic mass is 10.1. The summed E-state index contributed by atoms with van der Waals surface area (Å²) < 4.78 is 26.0. The van der Waals surface area contributed by atoms with Crippen molar-refractivity contribution < 1.29 is 33.1 Å². The zero-order valence-corrected chi connectivity index (χ0v) is 16.1. The molecule has 0 spiro atoms. The lowest BCUT2D eigenvalue weighted by molar-refractivity contribution is -0.121. The van der Waals surface area contributed by atoms with E-state index >= 15 is 0 Å². The summed E-state index contributed by atoms with van der Waals surface area (Å²) in [7, 11) is 1.28. The number of aromatic nitrogens is 1. The third-order valence-corrected chi connectivity index (χ3v) is 4.90. The summed E-state index contributed by atoms with van der Waals surface area (Å²) in [5.41, 5.74) is 1.72. The zero-order chi connectivity index (χ0) is 20.2. The molecule has 0 unspecified atom stereocenters. The van der Waals surface area contributed by atoms with Crippen molar-refractivity contribution in [1.29, 1.82) is 0 Å². The monoisotopic (exact) mass is 416 g/mol. The van der Waals surface area contributed by atoms with Crippen molar-refractivity contribution in [1.82, 2.24) is 5.16 Å². The molecule has 1 N–H and O–H groups in total. The summed E-state index contributed by atoms with van der Waals surface area (Å²) in [5.74, 6) is 0.979. The van der Waals surface area contributed by atoms with Gasteiger partial charge in [-0.1, -0.05) is 5.16 Å². The van der Waals surface area contributed by atoms with E-state index in [0.29, 0.717) is 33.5 Å². The van der Waals surface area contributed by atoms with Crippen LogP contribution in [0.1, 0.15) is 15.4 Å². The SMILES string of the molecule is COC(=O)c1sccc1NC(=O)COCc1cc(-c2ccc3c(c2)OCO3)on1. The summed E-state index contributed by atoms with van der Waals surface area (Å²) in [6, 6.07) is 8.80. The first-order valence-electron chi connectivity index (χ1n) is 8.53. The molecule has 0 radical (unpaired) electrons. The molecule has 0 fully saturated rings. The lowest BCUT2D eigenvalue weighted by Gasteiger charge is -2.05.